The van der Waals surface area contributed by atoms with E-state index < -0.39 is 10.0 Å². The Morgan fingerprint density at radius 1 is 1.05 bits per heavy atom. The maximum absolute atomic E-state index is 11.9. The fourth-order valence-corrected chi connectivity index (χ4v) is 2.61. The molecule has 1 aromatic carbocycles. The molecule has 0 N–H and O–H groups in total. The van der Waals surface area contributed by atoms with Crippen LogP contribution in [0.2, 0.25) is 0 Å². The predicted octanol–water partition coefficient (Wildman–Crippen LogP) is 2.35. The van der Waals surface area contributed by atoms with Crippen molar-refractivity contribution in [3.8, 4) is 0 Å². The van der Waals surface area contributed by atoms with Crippen LogP contribution in [0.25, 0.3) is 0 Å². The summed E-state index contributed by atoms with van der Waals surface area (Å²) < 4.78 is 25.2. The lowest BCUT2D eigenvalue weighted by Crippen LogP contribution is -2.29. The molecule has 0 atom stereocenters. The summed E-state index contributed by atoms with van der Waals surface area (Å²) in [5.41, 5.74) is 2.87. The van der Waals surface area contributed by atoms with Crippen molar-refractivity contribution < 1.29 is 8.42 Å². The summed E-state index contributed by atoms with van der Waals surface area (Å²) >= 11 is 0. The molecule has 0 amide bonds. The Hall–Kier alpha value is -1.72. The maximum atomic E-state index is 11.9. The lowest BCUT2D eigenvalue weighted by atomic mass is 10.1. The number of aromatic nitrogens is 1. The quantitative estimate of drug-likeness (QED) is 0.849. The van der Waals surface area contributed by atoms with Crippen molar-refractivity contribution in [1.29, 1.82) is 0 Å². The van der Waals surface area contributed by atoms with Crippen LogP contribution in [0.15, 0.2) is 48.7 Å². The fourth-order valence-electron chi connectivity index (χ4n) is 1.86. The molecule has 0 saturated carbocycles. The molecule has 0 spiro atoms. The molecule has 2 aromatic rings. The Bertz CT molecular complexity index is 652. The first-order chi connectivity index (χ1) is 9.45. The normalized spacial score (nSPS) is 11.8. The first kappa shape index (κ1) is 14.7. The fraction of sp³-hybridized carbons (Fsp3) is 0.267. The molecular weight excluding hydrogens is 272 g/mol. The smallest absolute Gasteiger partial charge is 0.211 e. The van der Waals surface area contributed by atoms with Gasteiger partial charge in [-0.3, -0.25) is 4.98 Å². The number of nitrogens with zero attached hydrogens (tertiary/aromatic N) is 2. The number of hydrogen-bond acceptors (Lipinski definition) is 3. The number of hydrogen-bond donors (Lipinski definition) is 0. The molecule has 20 heavy (non-hydrogen) atoms. The topological polar surface area (TPSA) is 50.3 Å². The van der Waals surface area contributed by atoms with Crippen LogP contribution in [0.1, 0.15) is 16.8 Å². The number of pyridine rings is 1. The molecule has 0 aliphatic rings. The average Bonchev–Trinajstić information content (AvgIpc) is 2.40. The second-order valence-electron chi connectivity index (χ2n) is 4.84. The van der Waals surface area contributed by atoms with Crippen molar-refractivity contribution in [2.75, 3.05) is 6.26 Å². The zero-order valence-corrected chi connectivity index (χ0v) is 12.5. The highest BCUT2D eigenvalue weighted by Gasteiger charge is 2.17. The molecule has 0 radical (unpaired) electrons. The molecule has 0 aliphatic carbocycles. The van der Waals surface area contributed by atoms with Gasteiger partial charge in [0.05, 0.1) is 18.5 Å². The van der Waals surface area contributed by atoms with Crippen LogP contribution in [-0.4, -0.2) is 24.0 Å². The van der Waals surface area contributed by atoms with E-state index in [1.165, 1.54) is 10.6 Å². The van der Waals surface area contributed by atoms with Gasteiger partial charge in [0.25, 0.3) is 0 Å². The zero-order valence-electron chi connectivity index (χ0n) is 11.7. The van der Waals surface area contributed by atoms with E-state index in [0.29, 0.717) is 6.54 Å². The Labute approximate surface area is 120 Å². The molecule has 0 fully saturated rings. The molecule has 0 unspecified atom stereocenters. The zero-order chi connectivity index (χ0) is 14.6. The molecule has 4 nitrogen and oxygen atoms in total. The highest BCUT2D eigenvalue weighted by molar-refractivity contribution is 7.88. The van der Waals surface area contributed by atoms with Crippen LogP contribution in [0.5, 0.6) is 0 Å². The second-order valence-corrected chi connectivity index (χ2v) is 6.82. The van der Waals surface area contributed by atoms with Crippen LogP contribution in [-0.2, 0) is 23.1 Å². The summed E-state index contributed by atoms with van der Waals surface area (Å²) in [5.74, 6) is 0. The third-order valence-electron chi connectivity index (χ3n) is 3.01. The van der Waals surface area contributed by atoms with Gasteiger partial charge in [0.15, 0.2) is 0 Å². The lowest BCUT2D eigenvalue weighted by Gasteiger charge is -2.19. The summed E-state index contributed by atoms with van der Waals surface area (Å²) in [6.45, 7) is 2.65. The van der Waals surface area contributed by atoms with Gasteiger partial charge in [0, 0.05) is 12.7 Å². The van der Waals surface area contributed by atoms with Gasteiger partial charge >= 0.3 is 0 Å². The Morgan fingerprint density at radius 3 is 2.30 bits per heavy atom. The van der Waals surface area contributed by atoms with Crippen molar-refractivity contribution in [2.24, 2.45) is 0 Å². The standard InChI is InChI=1S/C15H18N2O2S/c1-13-6-8-14(9-7-13)11-17(20(2,18)19)12-15-5-3-4-10-16-15/h3-10H,11-12H2,1-2H3. The lowest BCUT2D eigenvalue weighted by molar-refractivity contribution is 0.401. The van der Waals surface area contributed by atoms with Gasteiger partial charge in [-0.1, -0.05) is 35.9 Å². The Kier molecular flexibility index (Phi) is 4.52. The highest BCUT2D eigenvalue weighted by Crippen LogP contribution is 2.13. The van der Waals surface area contributed by atoms with Crippen LogP contribution in [0.4, 0.5) is 0 Å². The van der Waals surface area contributed by atoms with Crippen LogP contribution in [0, 0.1) is 6.92 Å². The summed E-state index contributed by atoms with van der Waals surface area (Å²) in [5, 5.41) is 0. The minimum Gasteiger partial charge on any atom is -0.260 e. The molecular formula is C15H18N2O2S. The number of sulfonamides is 1. The van der Waals surface area contributed by atoms with E-state index in [0.717, 1.165) is 16.8 Å². The van der Waals surface area contributed by atoms with Crippen molar-refractivity contribution in [3.63, 3.8) is 0 Å². The second kappa shape index (κ2) is 6.15. The van der Waals surface area contributed by atoms with Crippen LogP contribution in [0.3, 0.4) is 0 Å². The number of benzene rings is 1. The minimum absolute atomic E-state index is 0.285. The van der Waals surface area contributed by atoms with Gasteiger partial charge in [-0.25, -0.2) is 8.42 Å². The van der Waals surface area contributed by atoms with Crippen molar-refractivity contribution in [1.82, 2.24) is 9.29 Å². The third-order valence-corrected chi connectivity index (χ3v) is 4.21. The summed E-state index contributed by atoms with van der Waals surface area (Å²) in [6, 6.07) is 13.4. The van der Waals surface area contributed by atoms with Gasteiger partial charge in [-0.2, -0.15) is 4.31 Å². The Morgan fingerprint density at radius 2 is 1.75 bits per heavy atom. The van der Waals surface area contributed by atoms with Gasteiger partial charge in [0.1, 0.15) is 0 Å². The summed E-state index contributed by atoms with van der Waals surface area (Å²) in [7, 11) is -3.28. The molecule has 5 heteroatoms. The molecule has 0 aliphatic heterocycles. The van der Waals surface area contributed by atoms with Crippen molar-refractivity contribution in [2.45, 2.75) is 20.0 Å². The maximum Gasteiger partial charge on any atom is 0.211 e. The van der Waals surface area contributed by atoms with Gasteiger partial charge < -0.3 is 0 Å². The number of aryl methyl sites for hydroxylation is 1. The van der Waals surface area contributed by atoms with E-state index in [1.54, 1.807) is 6.20 Å². The van der Waals surface area contributed by atoms with Gasteiger partial charge in [0.2, 0.25) is 10.0 Å². The average molecular weight is 290 g/mol. The summed E-state index contributed by atoms with van der Waals surface area (Å²) in [6.07, 6.45) is 2.89. The van der Waals surface area contributed by atoms with Crippen LogP contribution >= 0.6 is 0 Å². The summed E-state index contributed by atoms with van der Waals surface area (Å²) in [4.78, 5) is 4.18. The third kappa shape index (κ3) is 4.15. The van der Waals surface area contributed by atoms with Crippen molar-refractivity contribution in [3.05, 3.63) is 65.5 Å². The molecule has 0 saturated heterocycles. The monoisotopic (exact) mass is 290 g/mol. The number of rotatable bonds is 5. The highest BCUT2D eigenvalue weighted by atomic mass is 32.2. The largest absolute Gasteiger partial charge is 0.260 e. The first-order valence-electron chi connectivity index (χ1n) is 6.36. The predicted molar refractivity (Wildman–Crippen MR) is 79.5 cm³/mol. The van der Waals surface area contributed by atoms with E-state index in [-0.39, 0.29) is 6.54 Å². The molecule has 106 valence electrons. The van der Waals surface area contributed by atoms with E-state index in [1.807, 2.05) is 49.4 Å². The van der Waals surface area contributed by atoms with Crippen LogP contribution < -0.4 is 0 Å². The van der Waals surface area contributed by atoms with E-state index in [4.69, 9.17) is 0 Å². The Balaban J connectivity index is 2.19. The van der Waals surface area contributed by atoms with Crippen molar-refractivity contribution >= 4 is 10.0 Å². The minimum atomic E-state index is -3.28. The van der Waals surface area contributed by atoms with E-state index in [2.05, 4.69) is 4.98 Å². The van der Waals surface area contributed by atoms with Gasteiger partial charge in [-0.15, -0.1) is 0 Å². The molecule has 1 heterocycles. The molecule has 1 aromatic heterocycles. The molecule has 0 bridgehead atoms. The molecule has 2 rings (SSSR count). The van der Waals surface area contributed by atoms with E-state index >= 15 is 0 Å². The van der Waals surface area contributed by atoms with Gasteiger partial charge in [-0.05, 0) is 24.6 Å². The first-order valence-corrected chi connectivity index (χ1v) is 8.20. The SMILES string of the molecule is Cc1ccc(CN(Cc2ccccn2)S(C)(=O)=O)cc1. The van der Waals surface area contributed by atoms with E-state index in [9.17, 15) is 8.42 Å².